The smallest absolute Gasteiger partial charge is 0.244 e. The summed E-state index contributed by atoms with van der Waals surface area (Å²) in [4.78, 5) is 21.6. The number of aryl methyl sites for hydroxylation is 3. The summed E-state index contributed by atoms with van der Waals surface area (Å²) in [5.74, 6) is 1.47. The van der Waals surface area contributed by atoms with E-state index in [0.717, 1.165) is 44.6 Å². The Morgan fingerprint density at radius 3 is 2.31 bits per heavy atom. The highest BCUT2D eigenvalue weighted by Gasteiger charge is 2.27. The molecule has 6 heteroatoms. The summed E-state index contributed by atoms with van der Waals surface area (Å²) < 4.78 is 5.56. The Morgan fingerprint density at radius 1 is 1.00 bits per heavy atom. The Kier molecular flexibility index (Phi) is 7.00. The van der Waals surface area contributed by atoms with Crippen LogP contribution in [0, 0.1) is 6.92 Å². The van der Waals surface area contributed by atoms with E-state index in [9.17, 15) is 4.79 Å². The number of hydrogen-bond acceptors (Lipinski definition) is 5. The standard InChI is InChI=1S/C26H32N4O2/c1-4-21-7-9-22(10-8-21)11-14-24(31)30-17-15-29(16-18-30)20(3)26-27-25(28-32-26)23-12-5-19(2)6-13-23/h5-10,12-13,20H,4,11,14-18H2,1-3H3. The van der Waals surface area contributed by atoms with E-state index in [2.05, 4.69) is 60.1 Å². The lowest BCUT2D eigenvalue weighted by molar-refractivity contribution is -0.133. The maximum Gasteiger partial charge on any atom is 0.244 e. The molecule has 1 aliphatic rings. The number of amides is 1. The molecule has 1 aliphatic heterocycles. The summed E-state index contributed by atoms with van der Waals surface area (Å²) in [5, 5.41) is 4.16. The van der Waals surface area contributed by atoms with Crippen molar-refractivity contribution in [1.29, 1.82) is 0 Å². The Bertz CT molecular complexity index is 1020. The summed E-state index contributed by atoms with van der Waals surface area (Å²) in [5.41, 5.74) is 4.71. The van der Waals surface area contributed by atoms with Crippen molar-refractivity contribution >= 4 is 5.91 Å². The van der Waals surface area contributed by atoms with Gasteiger partial charge >= 0.3 is 0 Å². The number of benzene rings is 2. The highest BCUT2D eigenvalue weighted by Crippen LogP contribution is 2.24. The third kappa shape index (κ3) is 5.25. The molecule has 32 heavy (non-hydrogen) atoms. The molecule has 6 nitrogen and oxygen atoms in total. The normalized spacial score (nSPS) is 15.7. The molecule has 1 fully saturated rings. The van der Waals surface area contributed by atoms with Gasteiger partial charge < -0.3 is 9.42 Å². The largest absolute Gasteiger partial charge is 0.340 e. The van der Waals surface area contributed by atoms with Gasteiger partial charge in [0.05, 0.1) is 6.04 Å². The molecule has 3 aromatic rings. The molecule has 4 rings (SSSR count). The number of carbonyl (C=O) groups is 1. The van der Waals surface area contributed by atoms with Crippen molar-refractivity contribution in [2.45, 2.75) is 46.1 Å². The van der Waals surface area contributed by atoms with Crippen LogP contribution in [0.3, 0.4) is 0 Å². The van der Waals surface area contributed by atoms with Crippen LogP contribution >= 0.6 is 0 Å². The Labute approximate surface area is 190 Å². The SMILES string of the molecule is CCc1ccc(CCC(=O)N2CCN(C(C)c3nc(-c4ccc(C)cc4)no3)CC2)cc1. The molecular weight excluding hydrogens is 400 g/mol. The zero-order valence-corrected chi connectivity index (χ0v) is 19.3. The lowest BCUT2D eigenvalue weighted by Crippen LogP contribution is -2.49. The highest BCUT2D eigenvalue weighted by molar-refractivity contribution is 5.76. The third-order valence-electron chi connectivity index (χ3n) is 6.38. The monoisotopic (exact) mass is 432 g/mol. The number of rotatable bonds is 7. The molecule has 1 amide bonds. The molecule has 0 N–H and O–H groups in total. The van der Waals surface area contributed by atoms with Gasteiger partial charge in [-0.15, -0.1) is 0 Å². The van der Waals surface area contributed by atoms with E-state index in [0.29, 0.717) is 18.1 Å². The van der Waals surface area contributed by atoms with E-state index in [4.69, 9.17) is 4.52 Å². The fourth-order valence-electron chi connectivity index (χ4n) is 4.09. The third-order valence-corrected chi connectivity index (χ3v) is 6.38. The maximum absolute atomic E-state index is 12.7. The molecule has 0 spiro atoms. The minimum absolute atomic E-state index is 0.0241. The first-order valence-electron chi connectivity index (χ1n) is 11.5. The lowest BCUT2D eigenvalue weighted by Gasteiger charge is -2.36. The average Bonchev–Trinajstić information content (AvgIpc) is 3.33. The van der Waals surface area contributed by atoms with Crippen LogP contribution in [-0.2, 0) is 17.6 Å². The number of hydrogen-bond donors (Lipinski definition) is 0. The Balaban J connectivity index is 1.27. The van der Waals surface area contributed by atoms with Gasteiger partial charge in [-0.05, 0) is 37.8 Å². The second-order valence-corrected chi connectivity index (χ2v) is 8.59. The summed E-state index contributed by atoms with van der Waals surface area (Å²) >= 11 is 0. The van der Waals surface area contributed by atoms with Crippen LogP contribution in [0.5, 0.6) is 0 Å². The van der Waals surface area contributed by atoms with E-state index in [1.807, 2.05) is 29.2 Å². The molecule has 1 aromatic heterocycles. The van der Waals surface area contributed by atoms with E-state index in [1.54, 1.807) is 0 Å². The van der Waals surface area contributed by atoms with Crippen LogP contribution in [-0.4, -0.2) is 52.0 Å². The second-order valence-electron chi connectivity index (χ2n) is 8.59. The van der Waals surface area contributed by atoms with Crippen molar-refractivity contribution in [1.82, 2.24) is 19.9 Å². The minimum atomic E-state index is 0.0241. The number of piperazine rings is 1. The predicted octanol–water partition coefficient (Wildman–Crippen LogP) is 4.45. The van der Waals surface area contributed by atoms with E-state index < -0.39 is 0 Å². The summed E-state index contributed by atoms with van der Waals surface area (Å²) in [6, 6.07) is 16.7. The first kappa shape index (κ1) is 22.2. The summed E-state index contributed by atoms with van der Waals surface area (Å²) in [6.07, 6.45) is 2.40. The maximum atomic E-state index is 12.7. The lowest BCUT2D eigenvalue weighted by atomic mass is 10.1. The minimum Gasteiger partial charge on any atom is -0.340 e. The van der Waals surface area contributed by atoms with Crippen molar-refractivity contribution < 1.29 is 9.32 Å². The molecule has 0 saturated carbocycles. The molecule has 0 aliphatic carbocycles. The molecule has 1 unspecified atom stereocenters. The van der Waals surface area contributed by atoms with E-state index in [1.165, 1.54) is 16.7 Å². The van der Waals surface area contributed by atoms with Gasteiger partial charge in [0, 0.05) is 38.2 Å². The topological polar surface area (TPSA) is 62.5 Å². The van der Waals surface area contributed by atoms with Crippen molar-refractivity contribution in [2.24, 2.45) is 0 Å². The van der Waals surface area contributed by atoms with Crippen LogP contribution in [0.25, 0.3) is 11.4 Å². The van der Waals surface area contributed by atoms with Crippen molar-refractivity contribution in [3.8, 4) is 11.4 Å². The van der Waals surface area contributed by atoms with Gasteiger partial charge in [-0.1, -0.05) is 66.2 Å². The Hall–Kier alpha value is -2.99. The molecule has 0 radical (unpaired) electrons. The van der Waals surface area contributed by atoms with E-state index in [-0.39, 0.29) is 11.9 Å². The molecular formula is C26H32N4O2. The first-order chi connectivity index (χ1) is 15.5. The zero-order valence-electron chi connectivity index (χ0n) is 19.3. The van der Waals surface area contributed by atoms with Crippen LogP contribution in [0.4, 0.5) is 0 Å². The molecule has 2 aromatic carbocycles. The molecule has 1 saturated heterocycles. The molecule has 168 valence electrons. The molecule has 0 bridgehead atoms. The van der Waals surface area contributed by atoms with Crippen LogP contribution in [0.15, 0.2) is 53.1 Å². The van der Waals surface area contributed by atoms with Crippen molar-refractivity contribution in [3.05, 3.63) is 71.1 Å². The Morgan fingerprint density at radius 2 is 1.66 bits per heavy atom. The second kappa shape index (κ2) is 10.1. The zero-order chi connectivity index (χ0) is 22.5. The first-order valence-corrected chi connectivity index (χ1v) is 11.5. The number of nitrogens with zero attached hydrogens (tertiary/aromatic N) is 4. The van der Waals surface area contributed by atoms with Gasteiger partial charge in [0.2, 0.25) is 17.6 Å². The predicted molar refractivity (Wildman–Crippen MR) is 125 cm³/mol. The summed E-state index contributed by atoms with van der Waals surface area (Å²) in [7, 11) is 0. The fraction of sp³-hybridized carbons (Fsp3) is 0.423. The number of carbonyl (C=O) groups excluding carboxylic acids is 1. The van der Waals surface area contributed by atoms with Gasteiger partial charge in [-0.25, -0.2) is 0 Å². The van der Waals surface area contributed by atoms with Gasteiger partial charge in [0.1, 0.15) is 0 Å². The van der Waals surface area contributed by atoms with E-state index >= 15 is 0 Å². The van der Waals surface area contributed by atoms with Gasteiger partial charge in [0.15, 0.2) is 0 Å². The summed E-state index contributed by atoms with van der Waals surface area (Å²) in [6.45, 7) is 9.38. The fourth-order valence-corrected chi connectivity index (χ4v) is 4.09. The van der Waals surface area contributed by atoms with Crippen LogP contribution in [0.1, 0.15) is 48.9 Å². The molecule has 2 heterocycles. The van der Waals surface area contributed by atoms with Gasteiger partial charge in [-0.2, -0.15) is 4.98 Å². The highest BCUT2D eigenvalue weighted by atomic mass is 16.5. The quantitative estimate of drug-likeness (QED) is 0.552. The van der Waals surface area contributed by atoms with Crippen molar-refractivity contribution in [3.63, 3.8) is 0 Å². The molecule has 1 atom stereocenters. The van der Waals surface area contributed by atoms with Crippen LogP contribution in [0.2, 0.25) is 0 Å². The number of aromatic nitrogens is 2. The average molecular weight is 433 g/mol. The van der Waals surface area contributed by atoms with Crippen LogP contribution < -0.4 is 0 Å². The van der Waals surface area contributed by atoms with Gasteiger partial charge in [0.25, 0.3) is 0 Å². The van der Waals surface area contributed by atoms with Crippen molar-refractivity contribution in [2.75, 3.05) is 26.2 Å². The van der Waals surface area contributed by atoms with Gasteiger partial charge in [-0.3, -0.25) is 9.69 Å².